The van der Waals surface area contributed by atoms with Crippen LogP contribution < -0.4 is 5.32 Å². The van der Waals surface area contributed by atoms with Gasteiger partial charge in [-0.05, 0) is 42.3 Å². The van der Waals surface area contributed by atoms with E-state index in [1.54, 1.807) is 4.68 Å². The Kier molecular flexibility index (Phi) is 5.47. The summed E-state index contributed by atoms with van der Waals surface area (Å²) >= 11 is 0. The topological polar surface area (TPSA) is 46.9 Å². The summed E-state index contributed by atoms with van der Waals surface area (Å²) in [6.07, 6.45) is 0. The monoisotopic (exact) mass is 409 g/mol. The van der Waals surface area contributed by atoms with E-state index in [-0.39, 0.29) is 11.3 Å². The molecule has 0 unspecified atom stereocenters. The molecule has 0 spiro atoms. The van der Waals surface area contributed by atoms with Gasteiger partial charge in [-0.15, -0.1) is 0 Å². The fourth-order valence-electron chi connectivity index (χ4n) is 3.35. The summed E-state index contributed by atoms with van der Waals surface area (Å²) in [4.78, 5) is 13.0. The molecular formula is C27H27N3O. The number of carbonyl (C=O) groups excluding carboxylic acids is 1. The van der Waals surface area contributed by atoms with Crippen LogP contribution in [0.5, 0.6) is 0 Å². The van der Waals surface area contributed by atoms with Gasteiger partial charge in [0.2, 0.25) is 0 Å². The van der Waals surface area contributed by atoms with E-state index in [0.717, 1.165) is 22.5 Å². The molecular weight excluding hydrogens is 382 g/mol. The van der Waals surface area contributed by atoms with Crippen LogP contribution in [0.25, 0.3) is 16.8 Å². The average Bonchev–Trinajstić information content (AvgIpc) is 3.19. The lowest BCUT2D eigenvalue weighted by molar-refractivity contribution is 0.102. The first-order chi connectivity index (χ1) is 14.8. The number of hydrogen-bond acceptors (Lipinski definition) is 2. The fourth-order valence-corrected chi connectivity index (χ4v) is 3.35. The lowest BCUT2D eigenvalue weighted by Gasteiger charge is -2.14. The summed E-state index contributed by atoms with van der Waals surface area (Å²) in [6, 6.07) is 27.9. The van der Waals surface area contributed by atoms with Gasteiger partial charge in [-0.2, -0.15) is 5.10 Å². The summed E-state index contributed by atoms with van der Waals surface area (Å²) in [5.74, 6) is 0.499. The molecule has 0 atom stereocenters. The summed E-state index contributed by atoms with van der Waals surface area (Å²) in [5.41, 5.74) is 5.69. The van der Waals surface area contributed by atoms with Crippen LogP contribution in [0.1, 0.15) is 42.4 Å². The van der Waals surface area contributed by atoms with Crippen LogP contribution >= 0.6 is 0 Å². The van der Waals surface area contributed by atoms with E-state index in [0.29, 0.717) is 11.4 Å². The zero-order valence-corrected chi connectivity index (χ0v) is 18.4. The van der Waals surface area contributed by atoms with E-state index in [2.05, 4.69) is 45.1 Å². The second-order valence-corrected chi connectivity index (χ2v) is 8.81. The highest BCUT2D eigenvalue weighted by Gasteiger charge is 2.21. The van der Waals surface area contributed by atoms with Gasteiger partial charge in [-0.1, -0.05) is 80.9 Å². The van der Waals surface area contributed by atoms with Crippen LogP contribution in [0.3, 0.4) is 0 Å². The van der Waals surface area contributed by atoms with E-state index in [4.69, 9.17) is 5.10 Å². The Bertz CT molecular complexity index is 1180. The molecule has 4 nitrogen and oxygen atoms in total. The average molecular weight is 410 g/mol. The smallest absolute Gasteiger partial charge is 0.256 e. The molecule has 4 heteroatoms. The van der Waals surface area contributed by atoms with E-state index >= 15 is 0 Å². The van der Waals surface area contributed by atoms with Crippen LogP contribution in [0, 0.1) is 6.92 Å². The molecule has 156 valence electrons. The lowest BCUT2D eigenvalue weighted by atomic mass is 9.92. The Morgan fingerprint density at radius 2 is 1.45 bits per heavy atom. The summed E-state index contributed by atoms with van der Waals surface area (Å²) in [6.45, 7) is 8.39. The minimum absolute atomic E-state index is 0.132. The number of anilines is 1. The van der Waals surface area contributed by atoms with E-state index in [1.165, 1.54) is 5.56 Å². The summed E-state index contributed by atoms with van der Waals surface area (Å²) < 4.78 is 1.80. The quantitative estimate of drug-likeness (QED) is 0.424. The molecule has 31 heavy (non-hydrogen) atoms. The fraction of sp³-hybridized carbons (Fsp3) is 0.185. The van der Waals surface area contributed by atoms with Gasteiger partial charge < -0.3 is 5.32 Å². The molecule has 1 N–H and O–H groups in total. The number of nitrogens with zero attached hydrogens (tertiary/aromatic N) is 2. The first-order valence-corrected chi connectivity index (χ1v) is 10.5. The zero-order chi connectivity index (χ0) is 22.0. The third kappa shape index (κ3) is 4.58. The number of nitrogens with one attached hydrogen (secondary N) is 1. The standard InChI is InChI=1S/C27H27N3O/c1-19-10-16-23(17-11-19)30-25(18-24(29-30)27(2,3)4)28-26(31)22-14-12-21(13-15-22)20-8-6-5-7-9-20/h5-18H,1-4H3,(H,28,31). The maximum Gasteiger partial charge on any atom is 0.256 e. The van der Waals surface area contributed by atoms with E-state index in [1.807, 2.05) is 72.8 Å². The van der Waals surface area contributed by atoms with E-state index in [9.17, 15) is 4.79 Å². The first kappa shape index (κ1) is 20.6. The Balaban J connectivity index is 1.63. The molecule has 0 radical (unpaired) electrons. The molecule has 0 saturated carbocycles. The van der Waals surface area contributed by atoms with Crippen molar-refractivity contribution in [2.24, 2.45) is 0 Å². The zero-order valence-electron chi connectivity index (χ0n) is 18.4. The number of carbonyl (C=O) groups is 1. The number of aromatic nitrogens is 2. The number of amides is 1. The van der Waals surface area contributed by atoms with E-state index < -0.39 is 0 Å². The Morgan fingerprint density at radius 3 is 2.06 bits per heavy atom. The van der Waals surface area contributed by atoms with Gasteiger partial charge >= 0.3 is 0 Å². The molecule has 4 aromatic rings. The van der Waals surface area contributed by atoms with Crippen molar-refractivity contribution in [3.8, 4) is 16.8 Å². The van der Waals surface area contributed by atoms with Gasteiger partial charge in [0, 0.05) is 17.0 Å². The second kappa shape index (κ2) is 8.23. The first-order valence-electron chi connectivity index (χ1n) is 10.5. The van der Waals surface area contributed by atoms with Crippen LogP contribution in [0.15, 0.2) is 84.9 Å². The third-order valence-corrected chi connectivity index (χ3v) is 5.25. The Morgan fingerprint density at radius 1 is 0.839 bits per heavy atom. The van der Waals surface area contributed by atoms with Gasteiger partial charge in [0.15, 0.2) is 0 Å². The molecule has 4 rings (SSSR count). The van der Waals surface area contributed by atoms with Crippen molar-refractivity contribution in [3.05, 3.63) is 102 Å². The Labute approximate surface area is 183 Å². The van der Waals surface area contributed by atoms with Gasteiger partial charge in [0.05, 0.1) is 11.4 Å². The largest absolute Gasteiger partial charge is 0.306 e. The molecule has 1 amide bonds. The third-order valence-electron chi connectivity index (χ3n) is 5.25. The number of aryl methyl sites for hydroxylation is 1. The van der Waals surface area contributed by atoms with Gasteiger partial charge in [0.25, 0.3) is 5.91 Å². The number of benzene rings is 3. The predicted octanol–water partition coefficient (Wildman–Crippen LogP) is 6.40. The van der Waals surface area contributed by atoms with Crippen LogP contribution in [0.2, 0.25) is 0 Å². The number of hydrogen-bond donors (Lipinski definition) is 1. The maximum absolute atomic E-state index is 13.0. The normalized spacial score (nSPS) is 11.4. The van der Waals surface area contributed by atoms with Crippen LogP contribution in [-0.2, 0) is 5.41 Å². The second-order valence-electron chi connectivity index (χ2n) is 8.81. The molecule has 0 saturated heterocycles. The van der Waals surface area contributed by atoms with Gasteiger partial charge in [0.1, 0.15) is 5.82 Å². The molecule has 0 aliphatic heterocycles. The highest BCUT2D eigenvalue weighted by molar-refractivity contribution is 6.04. The molecule has 3 aromatic carbocycles. The van der Waals surface area contributed by atoms with Crippen LogP contribution in [0.4, 0.5) is 5.82 Å². The van der Waals surface area contributed by atoms with Crippen molar-refractivity contribution < 1.29 is 4.79 Å². The SMILES string of the molecule is Cc1ccc(-n2nc(C(C)(C)C)cc2NC(=O)c2ccc(-c3ccccc3)cc2)cc1. The molecule has 0 aliphatic carbocycles. The van der Waals surface area contributed by atoms with Crippen molar-refractivity contribution >= 4 is 11.7 Å². The molecule has 0 aliphatic rings. The Hall–Kier alpha value is -3.66. The molecule has 0 fully saturated rings. The summed E-state index contributed by atoms with van der Waals surface area (Å²) in [5, 5.41) is 7.84. The van der Waals surface area contributed by atoms with Crippen LogP contribution in [-0.4, -0.2) is 15.7 Å². The van der Waals surface area contributed by atoms with Crippen molar-refractivity contribution in [1.82, 2.24) is 9.78 Å². The highest BCUT2D eigenvalue weighted by atomic mass is 16.1. The molecule has 0 bridgehead atoms. The molecule has 1 aromatic heterocycles. The van der Waals surface area contributed by atoms with Crippen molar-refractivity contribution in [3.63, 3.8) is 0 Å². The minimum atomic E-state index is -0.159. The maximum atomic E-state index is 13.0. The van der Waals surface area contributed by atoms with Crippen molar-refractivity contribution in [2.75, 3.05) is 5.32 Å². The van der Waals surface area contributed by atoms with Gasteiger partial charge in [-0.3, -0.25) is 4.79 Å². The predicted molar refractivity (Wildman–Crippen MR) is 127 cm³/mol. The van der Waals surface area contributed by atoms with Crippen molar-refractivity contribution in [2.45, 2.75) is 33.1 Å². The summed E-state index contributed by atoms with van der Waals surface area (Å²) in [7, 11) is 0. The van der Waals surface area contributed by atoms with Crippen molar-refractivity contribution in [1.29, 1.82) is 0 Å². The minimum Gasteiger partial charge on any atom is -0.306 e. The number of rotatable bonds is 4. The van der Waals surface area contributed by atoms with Gasteiger partial charge in [-0.25, -0.2) is 4.68 Å². The lowest BCUT2D eigenvalue weighted by Crippen LogP contribution is -2.15. The highest BCUT2D eigenvalue weighted by Crippen LogP contribution is 2.27. The molecule has 1 heterocycles.